The Bertz CT molecular complexity index is 1720. The van der Waals surface area contributed by atoms with Crippen LogP contribution < -0.4 is 10.6 Å². The highest BCUT2D eigenvalue weighted by Crippen LogP contribution is 2.24. The number of hydrogen-bond acceptors (Lipinski definition) is 6. The molecule has 0 fully saturated rings. The second kappa shape index (κ2) is 11.5. The van der Waals surface area contributed by atoms with Crippen LogP contribution in [0.25, 0.3) is 22.1 Å². The maximum Gasteiger partial charge on any atom is 0.143 e. The largest absolute Gasteiger partial charge is 0.365 e. The number of aromatic nitrogens is 6. The highest BCUT2D eigenvalue weighted by Gasteiger charge is 2.09. The second-order valence-electron chi connectivity index (χ2n) is 9.31. The molecule has 0 unspecified atom stereocenters. The van der Waals surface area contributed by atoms with Gasteiger partial charge in [0.2, 0.25) is 0 Å². The molecule has 0 atom stereocenters. The first kappa shape index (κ1) is 26.1. The molecule has 4 aromatic heterocycles. The van der Waals surface area contributed by atoms with Gasteiger partial charge in [0.05, 0.1) is 10.8 Å². The van der Waals surface area contributed by atoms with E-state index in [4.69, 9.17) is 11.6 Å². The van der Waals surface area contributed by atoms with E-state index >= 15 is 0 Å². The number of rotatable bonds is 6. The molecule has 198 valence electrons. The van der Waals surface area contributed by atoms with Gasteiger partial charge in [0.15, 0.2) is 0 Å². The lowest BCUT2D eigenvalue weighted by molar-refractivity contribution is 0.624. The zero-order valence-corrected chi connectivity index (χ0v) is 22.6. The normalized spacial score (nSPS) is 10.9. The second-order valence-corrected chi connectivity index (χ2v) is 9.75. The van der Waals surface area contributed by atoms with E-state index in [1.807, 2.05) is 63.5 Å². The molecule has 4 N–H and O–H groups in total. The Morgan fingerprint density at radius 2 is 1.33 bits per heavy atom. The van der Waals surface area contributed by atoms with Crippen LogP contribution in [0.15, 0.2) is 67.5 Å². The van der Waals surface area contributed by atoms with Crippen molar-refractivity contribution in [2.75, 3.05) is 10.6 Å². The summed E-state index contributed by atoms with van der Waals surface area (Å²) in [6, 6.07) is 12.8. The molecular weight excluding hydrogens is 515 g/mol. The van der Waals surface area contributed by atoms with Crippen molar-refractivity contribution in [3.63, 3.8) is 0 Å². The number of nitrogens with one attached hydrogen (secondary N) is 4. The van der Waals surface area contributed by atoms with Gasteiger partial charge >= 0.3 is 0 Å². The highest BCUT2D eigenvalue weighted by atomic mass is 35.5. The summed E-state index contributed by atoms with van der Waals surface area (Å²) in [5, 5.41) is 9.32. The first-order valence-electron chi connectivity index (χ1n) is 12.4. The first-order chi connectivity index (χ1) is 18.9. The number of benzene rings is 2. The third kappa shape index (κ3) is 6.15. The van der Waals surface area contributed by atoms with Crippen molar-refractivity contribution in [3.8, 4) is 0 Å². The molecule has 0 radical (unpaired) electrons. The van der Waals surface area contributed by atoms with Gasteiger partial charge in [-0.1, -0.05) is 29.8 Å². The number of anilines is 2. The quantitative estimate of drug-likeness (QED) is 0.183. The maximum absolute atomic E-state index is 13.4. The fraction of sp³-hybridized carbons (Fsp3) is 0.172. The molecule has 0 bridgehead atoms. The summed E-state index contributed by atoms with van der Waals surface area (Å²) in [5.74, 6) is 1.38. The minimum absolute atomic E-state index is 0.215. The summed E-state index contributed by atoms with van der Waals surface area (Å²) in [6.45, 7) is 7.12. The molecule has 4 heterocycles. The van der Waals surface area contributed by atoms with E-state index in [0.29, 0.717) is 13.1 Å². The lowest BCUT2D eigenvalue weighted by Crippen LogP contribution is -2.03. The van der Waals surface area contributed by atoms with Gasteiger partial charge in [0.1, 0.15) is 41.4 Å². The van der Waals surface area contributed by atoms with E-state index in [9.17, 15) is 4.39 Å². The Labute approximate surface area is 230 Å². The SMILES string of the molecule is Cc1c[nH]c2ncnc(NCc3cccc(Cl)c3)c12.Cc1cc(F)cc(CNc2ncnc3[nH]cc(C)c23)c1. The molecule has 6 rings (SSSR count). The van der Waals surface area contributed by atoms with Crippen molar-refractivity contribution in [2.24, 2.45) is 0 Å². The van der Waals surface area contributed by atoms with Crippen LogP contribution in [0, 0.1) is 26.6 Å². The van der Waals surface area contributed by atoms with Crippen LogP contribution in [-0.4, -0.2) is 29.9 Å². The minimum Gasteiger partial charge on any atom is -0.365 e. The predicted molar refractivity (Wildman–Crippen MR) is 154 cm³/mol. The van der Waals surface area contributed by atoms with Gasteiger partial charge in [-0.3, -0.25) is 0 Å². The number of aromatic amines is 2. The molecule has 2 aromatic carbocycles. The van der Waals surface area contributed by atoms with E-state index in [1.165, 1.54) is 18.5 Å². The number of halogens is 2. The van der Waals surface area contributed by atoms with Crippen LogP contribution in [0.2, 0.25) is 5.02 Å². The molecule has 0 saturated heterocycles. The molecule has 10 heteroatoms. The average Bonchev–Trinajstić information content (AvgIpc) is 3.49. The highest BCUT2D eigenvalue weighted by molar-refractivity contribution is 6.30. The summed E-state index contributed by atoms with van der Waals surface area (Å²) in [5.41, 5.74) is 6.78. The maximum atomic E-state index is 13.4. The van der Waals surface area contributed by atoms with Gasteiger partial charge in [0, 0.05) is 30.5 Å². The van der Waals surface area contributed by atoms with Crippen molar-refractivity contribution in [1.82, 2.24) is 29.9 Å². The Morgan fingerprint density at radius 1 is 0.744 bits per heavy atom. The van der Waals surface area contributed by atoms with Crippen LogP contribution in [-0.2, 0) is 13.1 Å². The van der Waals surface area contributed by atoms with Crippen LogP contribution in [0.1, 0.15) is 27.8 Å². The van der Waals surface area contributed by atoms with E-state index < -0.39 is 0 Å². The lowest BCUT2D eigenvalue weighted by Gasteiger charge is -2.08. The summed E-state index contributed by atoms with van der Waals surface area (Å²) >= 11 is 5.97. The molecule has 0 aliphatic heterocycles. The predicted octanol–water partition coefficient (Wildman–Crippen LogP) is 6.86. The first-order valence-corrected chi connectivity index (χ1v) is 12.8. The third-order valence-electron chi connectivity index (χ3n) is 6.24. The Morgan fingerprint density at radius 3 is 1.90 bits per heavy atom. The number of aryl methyl sites for hydroxylation is 3. The van der Waals surface area contributed by atoms with Crippen molar-refractivity contribution >= 4 is 45.3 Å². The summed E-state index contributed by atoms with van der Waals surface area (Å²) < 4.78 is 13.4. The van der Waals surface area contributed by atoms with Crippen LogP contribution >= 0.6 is 11.6 Å². The number of nitrogens with zero attached hydrogens (tertiary/aromatic N) is 4. The Balaban J connectivity index is 0.000000158. The molecule has 0 amide bonds. The van der Waals surface area contributed by atoms with Gasteiger partial charge in [-0.2, -0.15) is 0 Å². The standard InChI is InChI=1S/C15H15FN4.C14H13ClN4/c1-9-3-11(5-12(16)4-9)7-18-15-13-10(2)6-17-14(13)19-8-20-15;1-9-6-16-13-12(9)14(19-8-18-13)17-7-10-3-2-4-11(15)5-10/h3-6,8H,7H2,1-2H3,(H2,17,18,19,20);2-6,8H,7H2,1H3,(H2,16,17,18,19). The number of H-pyrrole nitrogens is 2. The number of fused-ring (bicyclic) bond motifs is 2. The van der Waals surface area contributed by atoms with Crippen molar-refractivity contribution in [2.45, 2.75) is 33.9 Å². The Hall–Kier alpha value is -4.50. The van der Waals surface area contributed by atoms with Crippen molar-refractivity contribution in [3.05, 3.63) is 106 Å². The Kier molecular flexibility index (Phi) is 7.69. The fourth-order valence-corrected chi connectivity index (χ4v) is 4.65. The van der Waals surface area contributed by atoms with E-state index in [-0.39, 0.29) is 5.82 Å². The molecule has 0 aliphatic rings. The lowest BCUT2D eigenvalue weighted by atomic mass is 10.1. The smallest absolute Gasteiger partial charge is 0.143 e. The molecule has 0 saturated carbocycles. The summed E-state index contributed by atoms with van der Waals surface area (Å²) in [6.07, 6.45) is 6.90. The monoisotopic (exact) mass is 542 g/mol. The summed E-state index contributed by atoms with van der Waals surface area (Å²) in [4.78, 5) is 23.2. The van der Waals surface area contributed by atoms with E-state index in [2.05, 4.69) is 40.5 Å². The number of hydrogen-bond donors (Lipinski definition) is 4. The van der Waals surface area contributed by atoms with Crippen LogP contribution in [0.4, 0.5) is 16.0 Å². The van der Waals surface area contributed by atoms with Gasteiger partial charge in [-0.25, -0.2) is 24.3 Å². The molecule has 6 aromatic rings. The molecule has 39 heavy (non-hydrogen) atoms. The van der Waals surface area contributed by atoms with Gasteiger partial charge < -0.3 is 20.6 Å². The summed E-state index contributed by atoms with van der Waals surface area (Å²) in [7, 11) is 0. The zero-order valence-electron chi connectivity index (χ0n) is 21.8. The van der Waals surface area contributed by atoms with E-state index in [1.54, 1.807) is 6.33 Å². The fourth-order valence-electron chi connectivity index (χ4n) is 4.44. The molecule has 0 aliphatic carbocycles. The van der Waals surface area contributed by atoms with E-state index in [0.717, 1.165) is 66.5 Å². The van der Waals surface area contributed by atoms with Crippen molar-refractivity contribution < 1.29 is 4.39 Å². The van der Waals surface area contributed by atoms with Crippen LogP contribution in [0.5, 0.6) is 0 Å². The molecular formula is C29H28ClFN8. The van der Waals surface area contributed by atoms with Crippen molar-refractivity contribution in [1.29, 1.82) is 0 Å². The van der Waals surface area contributed by atoms with Gasteiger partial charge in [-0.15, -0.1) is 0 Å². The topological polar surface area (TPSA) is 107 Å². The third-order valence-corrected chi connectivity index (χ3v) is 6.48. The average molecular weight is 543 g/mol. The minimum atomic E-state index is -0.215. The van der Waals surface area contributed by atoms with Gasteiger partial charge in [-0.05, 0) is 72.9 Å². The molecule has 0 spiro atoms. The molecule has 8 nitrogen and oxygen atoms in total. The van der Waals surface area contributed by atoms with Crippen LogP contribution in [0.3, 0.4) is 0 Å². The zero-order chi connectivity index (χ0) is 27.4. The van der Waals surface area contributed by atoms with Gasteiger partial charge in [0.25, 0.3) is 0 Å².